The third-order valence-corrected chi connectivity index (χ3v) is 3.75. The molecule has 0 amide bonds. The number of aromatic amines is 1. The highest BCUT2D eigenvalue weighted by molar-refractivity contribution is 7.12. The average Bonchev–Trinajstić information content (AvgIpc) is 2.74. The van der Waals surface area contributed by atoms with Crippen LogP contribution in [0.5, 0.6) is 0 Å². The zero-order chi connectivity index (χ0) is 13.3. The number of nitrogens with zero attached hydrogens (tertiary/aromatic N) is 1. The van der Waals surface area contributed by atoms with Crippen LogP contribution in [0.2, 0.25) is 0 Å². The summed E-state index contributed by atoms with van der Waals surface area (Å²) >= 11 is 1.29. The van der Waals surface area contributed by atoms with Crippen molar-refractivity contribution in [3.63, 3.8) is 0 Å². The summed E-state index contributed by atoms with van der Waals surface area (Å²) in [6.45, 7) is 3.56. The Labute approximate surface area is 107 Å². The molecule has 0 fully saturated rings. The van der Waals surface area contributed by atoms with Gasteiger partial charge in [0, 0.05) is 11.1 Å². The maximum atomic E-state index is 11.7. The minimum Gasteiger partial charge on any atom is -0.465 e. The zero-order valence-electron chi connectivity index (χ0n) is 10.2. The lowest BCUT2D eigenvalue weighted by atomic mass is 10.0. The molecular formula is C12H12N2O3S. The third-order valence-electron chi connectivity index (χ3n) is 2.67. The fourth-order valence-corrected chi connectivity index (χ4v) is 2.67. The molecule has 0 radical (unpaired) electrons. The predicted octanol–water partition coefficient (Wildman–Crippen LogP) is 1.90. The van der Waals surface area contributed by atoms with Gasteiger partial charge in [-0.1, -0.05) is 0 Å². The van der Waals surface area contributed by atoms with Gasteiger partial charge in [-0.15, -0.1) is 11.3 Å². The van der Waals surface area contributed by atoms with Gasteiger partial charge in [0.15, 0.2) is 0 Å². The Morgan fingerprint density at radius 2 is 2.17 bits per heavy atom. The molecule has 2 rings (SSSR count). The first-order valence-corrected chi connectivity index (χ1v) is 6.15. The van der Waals surface area contributed by atoms with Gasteiger partial charge < -0.3 is 9.72 Å². The lowest BCUT2D eigenvalue weighted by Crippen LogP contribution is -2.12. The maximum absolute atomic E-state index is 11.7. The molecule has 0 aliphatic rings. The van der Waals surface area contributed by atoms with Crippen LogP contribution in [-0.4, -0.2) is 23.0 Å². The zero-order valence-corrected chi connectivity index (χ0v) is 11.1. The Hall–Kier alpha value is -1.95. The monoisotopic (exact) mass is 264 g/mol. The first kappa shape index (κ1) is 12.5. The first-order chi connectivity index (χ1) is 8.56. The molecule has 0 aliphatic heterocycles. The van der Waals surface area contributed by atoms with Crippen LogP contribution in [0.1, 0.15) is 20.8 Å². The van der Waals surface area contributed by atoms with Gasteiger partial charge in [0.25, 0.3) is 5.56 Å². The van der Waals surface area contributed by atoms with E-state index in [1.807, 2.05) is 12.3 Å². The van der Waals surface area contributed by atoms with Crippen molar-refractivity contribution in [1.82, 2.24) is 9.97 Å². The van der Waals surface area contributed by atoms with E-state index in [2.05, 4.69) is 9.97 Å². The van der Waals surface area contributed by atoms with Crippen molar-refractivity contribution in [3.05, 3.63) is 38.1 Å². The summed E-state index contributed by atoms with van der Waals surface area (Å²) in [5, 5.41) is 1.85. The Balaban J connectivity index is 2.71. The first-order valence-electron chi connectivity index (χ1n) is 5.27. The summed E-state index contributed by atoms with van der Waals surface area (Å²) in [4.78, 5) is 30.4. The highest BCUT2D eigenvalue weighted by Crippen LogP contribution is 2.32. The SMILES string of the molecule is COC(=O)c1scc(C)c1-c1nc[nH]c(=O)c1C. The second-order valence-electron chi connectivity index (χ2n) is 3.82. The number of nitrogens with one attached hydrogen (secondary N) is 1. The molecule has 0 unspecified atom stereocenters. The number of carbonyl (C=O) groups is 1. The average molecular weight is 264 g/mol. The number of aromatic nitrogens is 2. The summed E-state index contributed by atoms with van der Waals surface area (Å²) in [6.07, 6.45) is 1.34. The number of methoxy groups -OCH3 is 1. The molecule has 18 heavy (non-hydrogen) atoms. The smallest absolute Gasteiger partial charge is 0.348 e. The summed E-state index contributed by atoms with van der Waals surface area (Å²) in [6, 6.07) is 0. The van der Waals surface area contributed by atoms with E-state index in [0.717, 1.165) is 5.56 Å². The summed E-state index contributed by atoms with van der Waals surface area (Å²) < 4.78 is 4.74. The topological polar surface area (TPSA) is 72.0 Å². The standard InChI is InChI=1S/C12H12N2O3S/c1-6-4-18-10(12(16)17-3)8(6)9-7(2)11(15)14-5-13-9/h4-5H,1-3H3,(H,13,14,15). The molecule has 94 valence electrons. The Bertz CT molecular complexity index is 658. The van der Waals surface area contributed by atoms with E-state index in [1.54, 1.807) is 6.92 Å². The molecule has 0 aromatic carbocycles. The normalized spacial score (nSPS) is 10.4. The minimum absolute atomic E-state index is 0.207. The fourth-order valence-electron chi connectivity index (χ4n) is 1.70. The van der Waals surface area contributed by atoms with Crippen LogP contribution in [0.25, 0.3) is 11.3 Å². The number of esters is 1. The lowest BCUT2D eigenvalue weighted by molar-refractivity contribution is 0.0607. The Morgan fingerprint density at radius 3 is 2.83 bits per heavy atom. The van der Waals surface area contributed by atoms with Gasteiger partial charge in [-0.25, -0.2) is 9.78 Å². The lowest BCUT2D eigenvalue weighted by Gasteiger charge is -2.05. The van der Waals surface area contributed by atoms with Crippen molar-refractivity contribution in [1.29, 1.82) is 0 Å². The van der Waals surface area contributed by atoms with Crippen molar-refractivity contribution in [2.24, 2.45) is 0 Å². The van der Waals surface area contributed by atoms with Gasteiger partial charge in [-0.3, -0.25) is 4.79 Å². The summed E-state index contributed by atoms with van der Waals surface area (Å²) in [5.74, 6) is -0.412. The van der Waals surface area contributed by atoms with Crippen molar-refractivity contribution in [2.75, 3.05) is 7.11 Å². The molecule has 5 nitrogen and oxygen atoms in total. The van der Waals surface area contributed by atoms with Crippen LogP contribution in [0, 0.1) is 13.8 Å². The molecule has 6 heteroatoms. The van der Waals surface area contributed by atoms with E-state index < -0.39 is 5.97 Å². The van der Waals surface area contributed by atoms with Crippen molar-refractivity contribution in [2.45, 2.75) is 13.8 Å². The van der Waals surface area contributed by atoms with Gasteiger partial charge in [0.05, 0.1) is 19.1 Å². The van der Waals surface area contributed by atoms with Crippen molar-refractivity contribution < 1.29 is 9.53 Å². The number of ether oxygens (including phenoxy) is 1. The predicted molar refractivity (Wildman–Crippen MR) is 69.0 cm³/mol. The van der Waals surface area contributed by atoms with Crippen molar-refractivity contribution in [3.8, 4) is 11.3 Å². The van der Waals surface area contributed by atoms with Crippen LogP contribution in [0.3, 0.4) is 0 Å². The third kappa shape index (κ3) is 1.95. The molecule has 0 spiro atoms. The van der Waals surface area contributed by atoms with E-state index in [9.17, 15) is 9.59 Å². The van der Waals surface area contributed by atoms with Crippen LogP contribution in [-0.2, 0) is 4.74 Å². The number of thiophene rings is 1. The van der Waals surface area contributed by atoms with Gasteiger partial charge in [-0.05, 0) is 24.8 Å². The molecule has 2 aromatic rings. The van der Waals surface area contributed by atoms with Gasteiger partial charge in [0.2, 0.25) is 0 Å². The number of carbonyl (C=O) groups excluding carboxylic acids is 1. The number of hydrogen-bond acceptors (Lipinski definition) is 5. The second kappa shape index (κ2) is 4.73. The second-order valence-corrected chi connectivity index (χ2v) is 4.70. The summed E-state index contributed by atoms with van der Waals surface area (Å²) in [5.41, 5.74) is 2.39. The van der Waals surface area contributed by atoms with Gasteiger partial charge in [0.1, 0.15) is 4.88 Å². The molecule has 0 bridgehead atoms. The van der Waals surface area contributed by atoms with E-state index in [1.165, 1.54) is 24.8 Å². The number of rotatable bonds is 2. The van der Waals surface area contributed by atoms with E-state index in [-0.39, 0.29) is 5.56 Å². The maximum Gasteiger partial charge on any atom is 0.348 e. The minimum atomic E-state index is -0.412. The Kier molecular flexibility index (Phi) is 3.29. The summed E-state index contributed by atoms with van der Waals surface area (Å²) in [7, 11) is 1.33. The van der Waals surface area contributed by atoms with Gasteiger partial charge in [-0.2, -0.15) is 0 Å². The van der Waals surface area contributed by atoms with Gasteiger partial charge >= 0.3 is 5.97 Å². The van der Waals surface area contributed by atoms with E-state index in [4.69, 9.17) is 4.74 Å². The van der Waals surface area contributed by atoms with Crippen LogP contribution in [0.4, 0.5) is 0 Å². The Morgan fingerprint density at radius 1 is 1.44 bits per heavy atom. The molecule has 0 saturated carbocycles. The molecule has 2 heterocycles. The quantitative estimate of drug-likeness (QED) is 0.841. The molecule has 0 atom stereocenters. The number of hydrogen-bond donors (Lipinski definition) is 1. The molecule has 2 aromatic heterocycles. The van der Waals surface area contributed by atoms with Crippen LogP contribution in [0.15, 0.2) is 16.5 Å². The van der Waals surface area contributed by atoms with E-state index >= 15 is 0 Å². The molecular weight excluding hydrogens is 252 g/mol. The number of H-pyrrole nitrogens is 1. The van der Waals surface area contributed by atoms with Crippen LogP contribution < -0.4 is 5.56 Å². The molecule has 1 N–H and O–H groups in total. The van der Waals surface area contributed by atoms with E-state index in [0.29, 0.717) is 21.7 Å². The number of aryl methyl sites for hydroxylation is 1. The fraction of sp³-hybridized carbons (Fsp3) is 0.250. The highest BCUT2D eigenvalue weighted by Gasteiger charge is 2.21. The molecule has 0 saturated heterocycles. The largest absolute Gasteiger partial charge is 0.465 e. The molecule has 0 aliphatic carbocycles. The van der Waals surface area contributed by atoms with Crippen LogP contribution >= 0.6 is 11.3 Å². The van der Waals surface area contributed by atoms with Crippen molar-refractivity contribution >= 4 is 17.3 Å². The highest BCUT2D eigenvalue weighted by atomic mass is 32.1.